The van der Waals surface area contributed by atoms with Gasteiger partial charge in [0.15, 0.2) is 5.13 Å². The van der Waals surface area contributed by atoms with Gasteiger partial charge in [0.2, 0.25) is 11.8 Å². The number of benzene rings is 3. The van der Waals surface area contributed by atoms with Gasteiger partial charge in [0.1, 0.15) is 5.75 Å². The van der Waals surface area contributed by atoms with E-state index >= 15 is 0 Å². The first-order chi connectivity index (χ1) is 15.2. The lowest BCUT2D eigenvalue weighted by Crippen LogP contribution is -2.13. The van der Waals surface area contributed by atoms with Gasteiger partial charge in [-0.1, -0.05) is 59.5 Å². The molecule has 5 rings (SSSR count). The number of ether oxygens (including phenoxy) is 1. The molecule has 2 aromatic heterocycles. The van der Waals surface area contributed by atoms with E-state index in [9.17, 15) is 4.79 Å². The second-order valence-electron chi connectivity index (χ2n) is 6.59. The van der Waals surface area contributed by atoms with Crippen molar-refractivity contribution in [1.82, 2.24) is 15.2 Å². The number of anilines is 1. The van der Waals surface area contributed by atoms with Crippen molar-refractivity contribution in [2.75, 3.05) is 18.2 Å². The van der Waals surface area contributed by atoms with Crippen molar-refractivity contribution in [2.45, 2.75) is 5.22 Å². The van der Waals surface area contributed by atoms with Gasteiger partial charge in [-0.3, -0.25) is 4.79 Å². The van der Waals surface area contributed by atoms with Gasteiger partial charge in [-0.05, 0) is 35.0 Å². The zero-order valence-corrected chi connectivity index (χ0v) is 18.0. The summed E-state index contributed by atoms with van der Waals surface area (Å²) in [4.78, 5) is 16.8. The number of rotatable bonds is 6. The smallest absolute Gasteiger partial charge is 0.277 e. The summed E-state index contributed by atoms with van der Waals surface area (Å²) in [5, 5.41) is 14.1. The number of hydrogen-bond donors (Lipinski definition) is 1. The van der Waals surface area contributed by atoms with Gasteiger partial charge in [0.05, 0.1) is 23.1 Å². The average molecular weight is 449 g/mol. The van der Waals surface area contributed by atoms with Crippen molar-refractivity contribution in [3.63, 3.8) is 0 Å². The molecule has 3 aromatic carbocycles. The lowest BCUT2D eigenvalue weighted by Gasteiger charge is -2.01. The Morgan fingerprint density at radius 3 is 2.90 bits per heavy atom. The van der Waals surface area contributed by atoms with Crippen LogP contribution >= 0.6 is 23.1 Å². The maximum absolute atomic E-state index is 12.4. The molecule has 1 amide bonds. The molecule has 1 N–H and O–H groups in total. The molecule has 0 spiro atoms. The van der Waals surface area contributed by atoms with Crippen molar-refractivity contribution < 1.29 is 13.9 Å². The Labute approximate surface area is 185 Å². The molecule has 5 aromatic rings. The maximum atomic E-state index is 12.4. The summed E-state index contributed by atoms with van der Waals surface area (Å²) in [6, 6.07) is 19.5. The summed E-state index contributed by atoms with van der Waals surface area (Å²) >= 11 is 2.58. The second-order valence-corrected chi connectivity index (χ2v) is 8.55. The summed E-state index contributed by atoms with van der Waals surface area (Å²) in [5.74, 6) is 1.12. The Morgan fingerprint density at radius 2 is 2.00 bits per heavy atom. The topological polar surface area (TPSA) is 90.1 Å². The number of hydrogen-bond acceptors (Lipinski definition) is 8. The molecule has 0 aliphatic carbocycles. The standard InChI is InChI=1S/C22H16N4O3S2/c1-28-14-9-10-17-18(11-14)31-21(23-17)24-19(27)12-30-22-26-25-20(29-22)16-8-4-6-13-5-2-3-7-15(13)16/h2-11H,12H2,1H3,(H,23,24,27). The number of nitrogens with zero attached hydrogens (tertiary/aromatic N) is 3. The second kappa shape index (κ2) is 8.37. The van der Waals surface area contributed by atoms with Crippen LogP contribution in [-0.4, -0.2) is 34.0 Å². The minimum absolute atomic E-state index is 0.135. The van der Waals surface area contributed by atoms with Crippen LogP contribution in [0.3, 0.4) is 0 Å². The van der Waals surface area contributed by atoms with E-state index in [1.54, 1.807) is 7.11 Å². The number of carbonyl (C=O) groups is 1. The fourth-order valence-electron chi connectivity index (χ4n) is 3.16. The molecule has 0 saturated carbocycles. The first-order valence-electron chi connectivity index (χ1n) is 9.38. The largest absolute Gasteiger partial charge is 0.497 e. The van der Waals surface area contributed by atoms with E-state index in [4.69, 9.17) is 9.15 Å². The van der Waals surface area contributed by atoms with Crippen LogP contribution in [0.15, 0.2) is 70.3 Å². The number of thiazole rings is 1. The van der Waals surface area contributed by atoms with E-state index in [1.165, 1.54) is 23.1 Å². The van der Waals surface area contributed by atoms with Crippen molar-refractivity contribution in [1.29, 1.82) is 0 Å². The first-order valence-corrected chi connectivity index (χ1v) is 11.2. The Balaban J connectivity index is 1.25. The highest BCUT2D eigenvalue weighted by atomic mass is 32.2. The summed E-state index contributed by atoms with van der Waals surface area (Å²) < 4.78 is 12.0. The van der Waals surface area contributed by atoms with Crippen molar-refractivity contribution >= 4 is 55.1 Å². The monoisotopic (exact) mass is 448 g/mol. The van der Waals surface area contributed by atoms with Crippen LogP contribution in [0.2, 0.25) is 0 Å². The third-order valence-corrected chi connectivity index (χ3v) is 6.35. The highest BCUT2D eigenvalue weighted by molar-refractivity contribution is 7.99. The molecule has 0 aliphatic rings. The van der Waals surface area contributed by atoms with Crippen LogP contribution in [0.1, 0.15) is 0 Å². The summed E-state index contributed by atoms with van der Waals surface area (Å²) in [6.07, 6.45) is 0. The maximum Gasteiger partial charge on any atom is 0.277 e. The van der Waals surface area contributed by atoms with Crippen molar-refractivity contribution in [3.8, 4) is 17.2 Å². The molecular formula is C22H16N4O3S2. The molecule has 0 bridgehead atoms. The minimum Gasteiger partial charge on any atom is -0.497 e. The summed E-state index contributed by atoms with van der Waals surface area (Å²) in [5.41, 5.74) is 1.68. The van der Waals surface area contributed by atoms with E-state index in [1.807, 2.05) is 60.7 Å². The van der Waals surface area contributed by atoms with Gasteiger partial charge in [-0.2, -0.15) is 0 Å². The van der Waals surface area contributed by atoms with Gasteiger partial charge in [0.25, 0.3) is 5.22 Å². The molecule has 0 aliphatic heterocycles. The Hall–Kier alpha value is -3.43. The van der Waals surface area contributed by atoms with Gasteiger partial charge in [-0.25, -0.2) is 4.98 Å². The van der Waals surface area contributed by atoms with Gasteiger partial charge in [0, 0.05) is 5.56 Å². The van der Waals surface area contributed by atoms with E-state index < -0.39 is 0 Å². The van der Waals surface area contributed by atoms with E-state index in [2.05, 4.69) is 20.5 Å². The van der Waals surface area contributed by atoms with Crippen LogP contribution < -0.4 is 10.1 Å². The van der Waals surface area contributed by atoms with E-state index in [0.29, 0.717) is 16.2 Å². The van der Waals surface area contributed by atoms with Crippen LogP contribution in [-0.2, 0) is 4.79 Å². The number of carbonyl (C=O) groups excluding carboxylic acids is 1. The number of thioether (sulfide) groups is 1. The lowest BCUT2D eigenvalue weighted by molar-refractivity contribution is -0.113. The molecule has 154 valence electrons. The van der Waals surface area contributed by atoms with Gasteiger partial charge in [-0.15, -0.1) is 10.2 Å². The lowest BCUT2D eigenvalue weighted by atomic mass is 10.0. The van der Waals surface area contributed by atoms with Crippen molar-refractivity contribution in [2.24, 2.45) is 0 Å². The molecule has 0 atom stereocenters. The fraction of sp³-hybridized carbons (Fsp3) is 0.0909. The van der Waals surface area contributed by atoms with Crippen LogP contribution in [0, 0.1) is 0 Å². The molecule has 0 unspecified atom stereocenters. The average Bonchev–Trinajstić information content (AvgIpc) is 3.43. The molecule has 0 fully saturated rings. The van der Waals surface area contributed by atoms with Crippen LogP contribution in [0.25, 0.3) is 32.4 Å². The molecule has 9 heteroatoms. The molecule has 2 heterocycles. The Bertz CT molecular complexity index is 1390. The SMILES string of the molecule is COc1ccc2nc(NC(=O)CSc3nnc(-c4cccc5ccccc45)o3)sc2c1. The molecule has 0 radical (unpaired) electrons. The first kappa shape index (κ1) is 19.5. The number of amides is 1. The van der Waals surface area contributed by atoms with Crippen LogP contribution in [0.5, 0.6) is 5.75 Å². The van der Waals surface area contributed by atoms with Crippen LogP contribution in [0.4, 0.5) is 5.13 Å². The predicted molar refractivity (Wildman–Crippen MR) is 123 cm³/mol. The fourth-order valence-corrected chi connectivity index (χ4v) is 4.63. The quantitative estimate of drug-likeness (QED) is 0.355. The number of fused-ring (bicyclic) bond motifs is 2. The van der Waals surface area contributed by atoms with Crippen molar-refractivity contribution in [3.05, 3.63) is 60.7 Å². The number of methoxy groups -OCH3 is 1. The molecule has 31 heavy (non-hydrogen) atoms. The van der Waals surface area contributed by atoms with Gasteiger partial charge < -0.3 is 14.5 Å². The molecule has 0 saturated heterocycles. The molecule has 7 nitrogen and oxygen atoms in total. The van der Waals surface area contributed by atoms with Gasteiger partial charge >= 0.3 is 0 Å². The highest BCUT2D eigenvalue weighted by Crippen LogP contribution is 2.31. The Kier molecular flexibility index (Phi) is 5.27. The van der Waals surface area contributed by atoms with E-state index in [-0.39, 0.29) is 11.7 Å². The summed E-state index contributed by atoms with van der Waals surface area (Å²) in [7, 11) is 1.62. The number of nitrogens with one attached hydrogen (secondary N) is 1. The minimum atomic E-state index is -0.194. The zero-order valence-electron chi connectivity index (χ0n) is 16.4. The predicted octanol–water partition coefficient (Wildman–Crippen LogP) is 5.24. The zero-order chi connectivity index (χ0) is 21.2. The highest BCUT2D eigenvalue weighted by Gasteiger charge is 2.14. The molecular weight excluding hydrogens is 432 g/mol. The summed E-state index contributed by atoms with van der Waals surface area (Å²) in [6.45, 7) is 0. The third-order valence-electron chi connectivity index (χ3n) is 4.60. The Morgan fingerprint density at radius 1 is 1.13 bits per heavy atom. The third kappa shape index (κ3) is 4.10. The normalized spacial score (nSPS) is 11.1. The van der Waals surface area contributed by atoms with E-state index in [0.717, 1.165) is 32.3 Å². The number of aromatic nitrogens is 3.